The van der Waals surface area contributed by atoms with Gasteiger partial charge in [0.1, 0.15) is 5.82 Å². The fourth-order valence-electron chi connectivity index (χ4n) is 5.12. The SMILES string of the molecule is O=C(O)CCCCc1cc2cc(C(=O)N3CC[C@@H](c4ccccc4)C3)ccc2nc1-c1ccc(F)cc1. The average molecular weight is 497 g/mol. The van der Waals surface area contributed by atoms with Crippen LogP contribution >= 0.6 is 0 Å². The van der Waals surface area contributed by atoms with Crippen LogP contribution in [0.5, 0.6) is 0 Å². The topological polar surface area (TPSA) is 70.5 Å². The molecule has 6 heteroatoms. The molecule has 1 fully saturated rings. The van der Waals surface area contributed by atoms with Gasteiger partial charge in [0.25, 0.3) is 5.91 Å². The number of benzene rings is 3. The van der Waals surface area contributed by atoms with Gasteiger partial charge in [-0.1, -0.05) is 30.3 Å². The number of carbonyl (C=O) groups excluding carboxylic acids is 1. The molecule has 1 saturated heterocycles. The van der Waals surface area contributed by atoms with Crippen molar-refractivity contribution in [1.82, 2.24) is 9.88 Å². The molecular weight excluding hydrogens is 467 g/mol. The molecule has 5 nitrogen and oxygen atoms in total. The van der Waals surface area contributed by atoms with Gasteiger partial charge >= 0.3 is 5.97 Å². The number of hydrogen-bond acceptors (Lipinski definition) is 3. The van der Waals surface area contributed by atoms with E-state index in [1.54, 1.807) is 12.1 Å². The van der Waals surface area contributed by atoms with Crippen molar-refractivity contribution in [1.29, 1.82) is 0 Å². The number of carbonyl (C=O) groups is 2. The van der Waals surface area contributed by atoms with Crippen molar-refractivity contribution >= 4 is 22.8 Å². The largest absolute Gasteiger partial charge is 0.481 e. The smallest absolute Gasteiger partial charge is 0.303 e. The number of halogens is 1. The summed E-state index contributed by atoms with van der Waals surface area (Å²) >= 11 is 0. The Morgan fingerprint density at radius 3 is 2.51 bits per heavy atom. The summed E-state index contributed by atoms with van der Waals surface area (Å²) in [6, 6.07) is 24.2. The van der Waals surface area contributed by atoms with Crippen molar-refractivity contribution in [3.63, 3.8) is 0 Å². The molecule has 0 aliphatic carbocycles. The van der Waals surface area contributed by atoms with Crippen molar-refractivity contribution in [3.8, 4) is 11.3 Å². The number of unbranched alkanes of at least 4 members (excludes halogenated alkanes) is 1. The van der Waals surface area contributed by atoms with E-state index < -0.39 is 5.97 Å². The summed E-state index contributed by atoms with van der Waals surface area (Å²) in [4.78, 5) is 31.1. The predicted octanol–water partition coefficient (Wildman–Crippen LogP) is 6.47. The number of hydrogen-bond donors (Lipinski definition) is 1. The molecular formula is C31H29FN2O3. The van der Waals surface area contributed by atoms with Crippen LogP contribution in [0, 0.1) is 5.82 Å². The molecule has 5 rings (SSSR count). The highest BCUT2D eigenvalue weighted by molar-refractivity contribution is 5.98. The summed E-state index contributed by atoms with van der Waals surface area (Å²) in [6.07, 6.45) is 2.97. The molecule has 0 bridgehead atoms. The standard InChI is InChI=1S/C31H29FN2O3/c32-27-13-10-22(11-14-27)30-23(8-4-5-9-29(35)36)18-26-19-24(12-15-28(26)33-30)31(37)34-17-16-25(20-34)21-6-2-1-3-7-21/h1-3,6-7,10-15,18-19,25H,4-5,8-9,16-17,20H2,(H,35,36)/t25-/m1/s1. The number of nitrogens with zero attached hydrogens (tertiary/aromatic N) is 2. The van der Waals surface area contributed by atoms with Gasteiger partial charge in [-0.3, -0.25) is 9.59 Å². The lowest BCUT2D eigenvalue weighted by molar-refractivity contribution is -0.137. The highest BCUT2D eigenvalue weighted by Crippen LogP contribution is 2.30. The number of likely N-dealkylation sites (tertiary alicyclic amines) is 1. The Kier molecular flexibility index (Phi) is 7.26. The van der Waals surface area contributed by atoms with Gasteiger partial charge < -0.3 is 10.0 Å². The van der Waals surface area contributed by atoms with Crippen molar-refractivity contribution in [3.05, 3.63) is 101 Å². The lowest BCUT2D eigenvalue weighted by atomic mass is 9.98. The first-order valence-corrected chi connectivity index (χ1v) is 12.7. The zero-order valence-corrected chi connectivity index (χ0v) is 20.6. The van der Waals surface area contributed by atoms with E-state index >= 15 is 0 Å². The van der Waals surface area contributed by atoms with Crippen molar-refractivity contribution in [2.75, 3.05) is 13.1 Å². The van der Waals surface area contributed by atoms with E-state index in [2.05, 4.69) is 12.1 Å². The second kappa shape index (κ2) is 10.9. The zero-order chi connectivity index (χ0) is 25.8. The van der Waals surface area contributed by atoms with Gasteiger partial charge in [-0.15, -0.1) is 0 Å². The van der Waals surface area contributed by atoms with Crippen molar-refractivity contribution in [2.24, 2.45) is 0 Å². The van der Waals surface area contributed by atoms with E-state index in [0.717, 1.165) is 40.7 Å². The molecule has 3 aromatic carbocycles. The van der Waals surface area contributed by atoms with Gasteiger partial charge in [-0.2, -0.15) is 0 Å². The monoisotopic (exact) mass is 496 g/mol. The van der Waals surface area contributed by atoms with Gasteiger partial charge in [0.15, 0.2) is 0 Å². The quantitative estimate of drug-likeness (QED) is 0.284. The van der Waals surface area contributed by atoms with Gasteiger partial charge in [-0.05, 0) is 85.3 Å². The Labute approximate surface area is 215 Å². The van der Waals surface area contributed by atoms with Crippen LogP contribution in [-0.4, -0.2) is 40.0 Å². The third kappa shape index (κ3) is 5.69. The van der Waals surface area contributed by atoms with Crippen LogP contribution in [0.4, 0.5) is 4.39 Å². The lowest BCUT2D eigenvalue weighted by Crippen LogP contribution is -2.28. The van der Waals surface area contributed by atoms with Crippen LogP contribution < -0.4 is 0 Å². The van der Waals surface area contributed by atoms with E-state index in [0.29, 0.717) is 37.3 Å². The van der Waals surface area contributed by atoms with Crippen LogP contribution in [0.15, 0.2) is 78.9 Å². The second-order valence-electron chi connectivity index (χ2n) is 9.66. The number of carboxylic acid groups (broad SMARTS) is 1. The molecule has 0 unspecified atom stereocenters. The molecule has 188 valence electrons. The maximum atomic E-state index is 13.5. The molecule has 1 aliphatic heterocycles. The average Bonchev–Trinajstić information content (AvgIpc) is 3.41. The maximum Gasteiger partial charge on any atom is 0.303 e. The summed E-state index contributed by atoms with van der Waals surface area (Å²) in [5.41, 5.74) is 5.18. The Hall–Kier alpha value is -4.06. The van der Waals surface area contributed by atoms with Crippen molar-refractivity contribution < 1.29 is 19.1 Å². The number of pyridine rings is 1. The number of rotatable bonds is 8. The first-order chi connectivity index (χ1) is 18.0. The fourth-order valence-corrected chi connectivity index (χ4v) is 5.12. The first kappa shape index (κ1) is 24.6. The molecule has 37 heavy (non-hydrogen) atoms. The van der Waals surface area contributed by atoms with Crippen LogP contribution in [0.1, 0.15) is 53.1 Å². The molecule has 1 aromatic heterocycles. The van der Waals surface area contributed by atoms with E-state index in [-0.39, 0.29) is 18.1 Å². The summed E-state index contributed by atoms with van der Waals surface area (Å²) < 4.78 is 13.5. The normalized spacial score (nSPS) is 15.3. The first-order valence-electron chi connectivity index (χ1n) is 12.7. The Balaban J connectivity index is 1.41. The maximum absolute atomic E-state index is 13.5. The van der Waals surface area contributed by atoms with Crippen LogP contribution in [0.25, 0.3) is 22.2 Å². The molecule has 1 N–H and O–H groups in total. The molecule has 2 heterocycles. The molecule has 1 atom stereocenters. The molecule has 0 radical (unpaired) electrons. The summed E-state index contributed by atoms with van der Waals surface area (Å²) in [7, 11) is 0. The Morgan fingerprint density at radius 1 is 0.973 bits per heavy atom. The van der Waals surface area contributed by atoms with E-state index in [1.807, 2.05) is 47.4 Å². The number of carboxylic acids is 1. The second-order valence-corrected chi connectivity index (χ2v) is 9.66. The Bertz CT molecular complexity index is 1420. The number of fused-ring (bicyclic) bond motifs is 1. The summed E-state index contributed by atoms with van der Waals surface area (Å²) in [6.45, 7) is 1.43. The van der Waals surface area contributed by atoms with Gasteiger partial charge in [0, 0.05) is 41.9 Å². The molecule has 0 spiro atoms. The minimum Gasteiger partial charge on any atom is -0.481 e. The van der Waals surface area contributed by atoms with Crippen LogP contribution in [0.2, 0.25) is 0 Å². The molecule has 1 aliphatic rings. The molecule has 4 aromatic rings. The minimum atomic E-state index is -0.810. The molecule has 1 amide bonds. The number of aromatic nitrogens is 1. The Morgan fingerprint density at radius 2 is 1.76 bits per heavy atom. The highest BCUT2D eigenvalue weighted by Gasteiger charge is 2.28. The minimum absolute atomic E-state index is 0.0194. The number of aryl methyl sites for hydroxylation is 1. The van der Waals surface area contributed by atoms with E-state index in [9.17, 15) is 14.0 Å². The number of amides is 1. The molecule has 0 saturated carbocycles. The van der Waals surface area contributed by atoms with Gasteiger partial charge in [0.05, 0.1) is 11.2 Å². The summed E-state index contributed by atoms with van der Waals surface area (Å²) in [5, 5.41) is 9.84. The lowest BCUT2D eigenvalue weighted by Gasteiger charge is -2.17. The highest BCUT2D eigenvalue weighted by atomic mass is 19.1. The van der Waals surface area contributed by atoms with Gasteiger partial charge in [-0.25, -0.2) is 9.37 Å². The summed E-state index contributed by atoms with van der Waals surface area (Å²) in [5.74, 6) is -0.754. The van der Waals surface area contributed by atoms with Crippen LogP contribution in [0.3, 0.4) is 0 Å². The van der Waals surface area contributed by atoms with Gasteiger partial charge in [0.2, 0.25) is 0 Å². The fraction of sp³-hybridized carbons (Fsp3) is 0.258. The third-order valence-electron chi connectivity index (χ3n) is 7.09. The van der Waals surface area contributed by atoms with Crippen molar-refractivity contribution in [2.45, 2.75) is 38.0 Å². The number of aliphatic carboxylic acids is 1. The third-order valence-corrected chi connectivity index (χ3v) is 7.09. The van der Waals surface area contributed by atoms with E-state index in [1.165, 1.54) is 17.7 Å². The van der Waals surface area contributed by atoms with Crippen LogP contribution in [-0.2, 0) is 11.2 Å². The predicted molar refractivity (Wildman–Crippen MR) is 142 cm³/mol. The van der Waals surface area contributed by atoms with E-state index in [4.69, 9.17) is 10.1 Å². The zero-order valence-electron chi connectivity index (χ0n) is 20.6.